The highest BCUT2D eigenvalue weighted by Gasteiger charge is 2.13. The van der Waals surface area contributed by atoms with Crippen LogP contribution < -0.4 is 14.8 Å². The van der Waals surface area contributed by atoms with Gasteiger partial charge in [-0.1, -0.05) is 19.3 Å². The molecule has 1 saturated carbocycles. The molecule has 0 aliphatic heterocycles. The fourth-order valence-corrected chi connectivity index (χ4v) is 3.02. The number of fused-ring (bicyclic) bond motifs is 1. The van der Waals surface area contributed by atoms with Crippen molar-refractivity contribution in [3.05, 3.63) is 24.0 Å². The first-order valence-electron chi connectivity index (χ1n) is 7.91. The van der Waals surface area contributed by atoms with Crippen molar-refractivity contribution in [3.63, 3.8) is 0 Å². The van der Waals surface area contributed by atoms with Crippen LogP contribution in [-0.2, 0) is 6.54 Å². The third-order valence-electron chi connectivity index (χ3n) is 4.27. The monoisotopic (exact) mass is 301 g/mol. The molecule has 0 saturated heterocycles. The van der Waals surface area contributed by atoms with Crippen molar-refractivity contribution in [2.75, 3.05) is 14.2 Å². The molecule has 0 spiro atoms. The maximum Gasteiger partial charge on any atom is 0.163 e. The predicted molar refractivity (Wildman–Crippen MR) is 86.4 cm³/mol. The Morgan fingerprint density at radius 1 is 1.05 bits per heavy atom. The number of nitrogens with one attached hydrogen (secondary N) is 1. The van der Waals surface area contributed by atoms with E-state index < -0.39 is 0 Å². The first kappa shape index (κ1) is 15.0. The smallest absolute Gasteiger partial charge is 0.163 e. The molecule has 1 heterocycles. The van der Waals surface area contributed by atoms with Crippen LogP contribution in [0.2, 0.25) is 0 Å². The van der Waals surface area contributed by atoms with Gasteiger partial charge in [0.2, 0.25) is 0 Å². The second-order valence-corrected chi connectivity index (χ2v) is 5.77. The summed E-state index contributed by atoms with van der Waals surface area (Å²) in [7, 11) is 3.26. The number of nitrogens with zero attached hydrogens (tertiary/aromatic N) is 2. The summed E-state index contributed by atoms with van der Waals surface area (Å²) in [5.41, 5.74) is 2.62. The maximum absolute atomic E-state index is 5.33. The van der Waals surface area contributed by atoms with Crippen molar-refractivity contribution in [1.29, 1.82) is 0 Å². The van der Waals surface area contributed by atoms with E-state index in [1.165, 1.54) is 32.1 Å². The van der Waals surface area contributed by atoms with Crippen LogP contribution in [-0.4, -0.2) is 30.2 Å². The summed E-state index contributed by atoms with van der Waals surface area (Å²) >= 11 is 0. The SMILES string of the molecule is COc1cc2ncc(CNC3CCCCC3)nc2cc1OC. The lowest BCUT2D eigenvalue weighted by Gasteiger charge is -2.22. The molecule has 1 N–H and O–H groups in total. The number of hydrogen-bond donors (Lipinski definition) is 1. The van der Waals surface area contributed by atoms with Crippen LogP contribution in [0.3, 0.4) is 0 Å². The normalized spacial score (nSPS) is 15.9. The first-order chi connectivity index (χ1) is 10.8. The van der Waals surface area contributed by atoms with Crippen molar-refractivity contribution >= 4 is 11.0 Å². The number of ether oxygens (including phenoxy) is 2. The molecule has 22 heavy (non-hydrogen) atoms. The van der Waals surface area contributed by atoms with Gasteiger partial charge in [-0.25, -0.2) is 4.98 Å². The molecule has 1 fully saturated rings. The van der Waals surface area contributed by atoms with Crippen molar-refractivity contribution < 1.29 is 9.47 Å². The van der Waals surface area contributed by atoms with E-state index in [-0.39, 0.29) is 0 Å². The van der Waals surface area contributed by atoms with Crippen molar-refractivity contribution in [2.24, 2.45) is 0 Å². The molecule has 1 aliphatic carbocycles. The Labute approximate surface area is 131 Å². The van der Waals surface area contributed by atoms with E-state index in [4.69, 9.17) is 9.47 Å². The Kier molecular flexibility index (Phi) is 4.73. The minimum atomic E-state index is 0.622. The molecule has 0 amide bonds. The summed E-state index contributed by atoms with van der Waals surface area (Å²) in [5.74, 6) is 1.36. The van der Waals surface area contributed by atoms with Crippen LogP contribution in [0.25, 0.3) is 11.0 Å². The van der Waals surface area contributed by atoms with Crippen molar-refractivity contribution in [1.82, 2.24) is 15.3 Å². The summed E-state index contributed by atoms with van der Waals surface area (Å²) in [6, 6.07) is 4.36. The minimum absolute atomic E-state index is 0.622. The van der Waals surface area contributed by atoms with E-state index in [9.17, 15) is 0 Å². The molecule has 1 aromatic heterocycles. The van der Waals surface area contributed by atoms with Gasteiger partial charge in [0.25, 0.3) is 0 Å². The molecule has 5 heteroatoms. The molecule has 0 bridgehead atoms. The van der Waals surface area contributed by atoms with Gasteiger partial charge in [-0.05, 0) is 12.8 Å². The van der Waals surface area contributed by atoms with Gasteiger partial charge in [0.05, 0.1) is 37.1 Å². The summed E-state index contributed by atoms with van der Waals surface area (Å²) in [6.07, 6.45) is 8.41. The van der Waals surface area contributed by atoms with E-state index in [0.717, 1.165) is 23.3 Å². The van der Waals surface area contributed by atoms with Crippen LogP contribution in [0.4, 0.5) is 0 Å². The van der Waals surface area contributed by atoms with Gasteiger partial charge < -0.3 is 14.8 Å². The molecule has 0 radical (unpaired) electrons. The van der Waals surface area contributed by atoms with E-state index in [0.29, 0.717) is 17.5 Å². The third-order valence-corrected chi connectivity index (χ3v) is 4.27. The maximum atomic E-state index is 5.33. The number of methoxy groups -OCH3 is 2. The molecule has 3 rings (SSSR count). The van der Waals surface area contributed by atoms with E-state index in [1.54, 1.807) is 14.2 Å². The lowest BCUT2D eigenvalue weighted by atomic mass is 9.95. The van der Waals surface area contributed by atoms with Crippen LogP contribution in [0, 0.1) is 0 Å². The summed E-state index contributed by atoms with van der Waals surface area (Å²) in [6.45, 7) is 0.766. The third kappa shape index (κ3) is 3.30. The van der Waals surface area contributed by atoms with Gasteiger partial charge in [0, 0.05) is 24.7 Å². The standard InChI is InChI=1S/C17H23N3O2/c1-21-16-8-14-15(9-17(16)22-2)20-13(11-19-14)10-18-12-6-4-3-5-7-12/h8-9,11-12,18H,3-7,10H2,1-2H3. The lowest BCUT2D eigenvalue weighted by molar-refractivity contribution is 0.355. The highest BCUT2D eigenvalue weighted by Crippen LogP contribution is 2.30. The van der Waals surface area contributed by atoms with Gasteiger partial charge in [0.1, 0.15) is 0 Å². The lowest BCUT2D eigenvalue weighted by Crippen LogP contribution is -2.30. The van der Waals surface area contributed by atoms with Crippen LogP contribution in [0.15, 0.2) is 18.3 Å². The van der Waals surface area contributed by atoms with Gasteiger partial charge in [-0.15, -0.1) is 0 Å². The van der Waals surface area contributed by atoms with Gasteiger partial charge in [0.15, 0.2) is 11.5 Å². The summed E-state index contributed by atoms with van der Waals surface area (Å²) in [4.78, 5) is 9.17. The Hall–Kier alpha value is -1.88. The second-order valence-electron chi connectivity index (χ2n) is 5.77. The Morgan fingerprint density at radius 3 is 2.41 bits per heavy atom. The number of rotatable bonds is 5. The quantitative estimate of drug-likeness (QED) is 0.920. The van der Waals surface area contributed by atoms with Crippen molar-refractivity contribution in [3.8, 4) is 11.5 Å². The Balaban J connectivity index is 1.76. The second kappa shape index (κ2) is 6.92. The molecule has 2 aromatic rings. The highest BCUT2D eigenvalue weighted by atomic mass is 16.5. The highest BCUT2D eigenvalue weighted by molar-refractivity contribution is 5.78. The van der Waals surface area contributed by atoms with Crippen LogP contribution >= 0.6 is 0 Å². The predicted octanol–water partition coefficient (Wildman–Crippen LogP) is 3.07. The molecular formula is C17H23N3O2. The minimum Gasteiger partial charge on any atom is -0.493 e. The molecule has 0 atom stereocenters. The Bertz CT molecular complexity index is 639. The average molecular weight is 301 g/mol. The molecule has 5 nitrogen and oxygen atoms in total. The van der Waals surface area contributed by atoms with Gasteiger partial charge >= 0.3 is 0 Å². The van der Waals surface area contributed by atoms with E-state index in [1.807, 2.05) is 18.3 Å². The van der Waals surface area contributed by atoms with Crippen LogP contribution in [0.1, 0.15) is 37.8 Å². The van der Waals surface area contributed by atoms with Crippen LogP contribution in [0.5, 0.6) is 11.5 Å². The first-order valence-corrected chi connectivity index (χ1v) is 7.91. The summed E-state index contributed by atoms with van der Waals surface area (Å²) < 4.78 is 10.6. The zero-order chi connectivity index (χ0) is 15.4. The van der Waals surface area contributed by atoms with Crippen molar-refractivity contribution in [2.45, 2.75) is 44.7 Å². The number of hydrogen-bond acceptors (Lipinski definition) is 5. The molecular weight excluding hydrogens is 278 g/mol. The molecule has 118 valence electrons. The fraction of sp³-hybridized carbons (Fsp3) is 0.529. The Morgan fingerprint density at radius 2 is 1.73 bits per heavy atom. The van der Waals surface area contributed by atoms with E-state index >= 15 is 0 Å². The average Bonchev–Trinajstić information content (AvgIpc) is 2.59. The number of benzene rings is 1. The van der Waals surface area contributed by atoms with Gasteiger partial charge in [-0.2, -0.15) is 0 Å². The largest absolute Gasteiger partial charge is 0.493 e. The van der Waals surface area contributed by atoms with E-state index in [2.05, 4.69) is 15.3 Å². The molecule has 1 aromatic carbocycles. The van der Waals surface area contributed by atoms with Gasteiger partial charge in [-0.3, -0.25) is 4.98 Å². The summed E-state index contributed by atoms with van der Waals surface area (Å²) in [5, 5.41) is 3.60. The molecule has 1 aliphatic rings. The number of aromatic nitrogens is 2. The zero-order valence-electron chi connectivity index (χ0n) is 13.3. The molecule has 0 unspecified atom stereocenters. The zero-order valence-corrected chi connectivity index (χ0v) is 13.3. The fourth-order valence-electron chi connectivity index (χ4n) is 3.02. The topological polar surface area (TPSA) is 56.3 Å².